The molecule has 4 heteroatoms. The molecule has 4 nitrogen and oxygen atoms in total. The summed E-state index contributed by atoms with van der Waals surface area (Å²) in [5, 5.41) is 3.30. The summed E-state index contributed by atoms with van der Waals surface area (Å²) in [6.07, 6.45) is 4.31. The van der Waals surface area contributed by atoms with Crippen molar-refractivity contribution in [2.75, 3.05) is 13.2 Å². The summed E-state index contributed by atoms with van der Waals surface area (Å²) in [5.74, 6) is 0.887. The molecule has 2 aromatic heterocycles. The van der Waals surface area contributed by atoms with Gasteiger partial charge in [-0.25, -0.2) is 0 Å². The van der Waals surface area contributed by atoms with Crippen molar-refractivity contribution in [2.45, 2.75) is 26.8 Å². The fourth-order valence-corrected chi connectivity index (χ4v) is 1.84. The molecule has 2 rings (SSSR count). The number of nitrogens with zero attached hydrogens (tertiary/aromatic N) is 1. The molecule has 0 radical (unpaired) electrons. The third kappa shape index (κ3) is 4.10. The van der Waals surface area contributed by atoms with Crippen molar-refractivity contribution < 1.29 is 9.15 Å². The standard InChI is InChI=1S/C15H20N2O2/c1-3-14-15(5-4-12(2)17-14)19-9-7-16-10-13-6-8-18-11-13/h4-6,8,11,16H,3,7,9-10H2,1-2H3. The molecule has 0 bridgehead atoms. The van der Waals surface area contributed by atoms with E-state index in [1.54, 1.807) is 12.5 Å². The number of aromatic nitrogens is 1. The van der Waals surface area contributed by atoms with Gasteiger partial charge in [0.15, 0.2) is 0 Å². The topological polar surface area (TPSA) is 47.3 Å². The Hall–Kier alpha value is -1.81. The van der Waals surface area contributed by atoms with Gasteiger partial charge in [0.2, 0.25) is 0 Å². The smallest absolute Gasteiger partial charge is 0.140 e. The molecule has 0 fully saturated rings. The molecule has 0 spiro atoms. The van der Waals surface area contributed by atoms with Crippen LogP contribution in [0.3, 0.4) is 0 Å². The molecule has 1 N–H and O–H groups in total. The summed E-state index contributed by atoms with van der Waals surface area (Å²) in [6.45, 7) is 6.31. The predicted molar refractivity (Wildman–Crippen MR) is 74.3 cm³/mol. The van der Waals surface area contributed by atoms with Crippen LogP contribution in [0.2, 0.25) is 0 Å². The van der Waals surface area contributed by atoms with Gasteiger partial charge in [0.25, 0.3) is 0 Å². The number of nitrogens with one attached hydrogen (secondary N) is 1. The first-order valence-corrected chi connectivity index (χ1v) is 6.60. The summed E-state index contributed by atoms with van der Waals surface area (Å²) < 4.78 is 10.8. The maximum atomic E-state index is 5.75. The number of furan rings is 1. The van der Waals surface area contributed by atoms with Crippen molar-refractivity contribution in [1.82, 2.24) is 10.3 Å². The van der Waals surface area contributed by atoms with Crippen LogP contribution in [0.5, 0.6) is 5.75 Å². The highest BCUT2D eigenvalue weighted by Gasteiger charge is 2.03. The third-order valence-electron chi connectivity index (χ3n) is 2.85. The molecule has 102 valence electrons. The van der Waals surface area contributed by atoms with Crippen LogP contribution in [-0.4, -0.2) is 18.1 Å². The molecule has 0 unspecified atom stereocenters. The Kier molecular flexibility index (Phi) is 4.98. The molecule has 0 saturated carbocycles. The lowest BCUT2D eigenvalue weighted by Crippen LogP contribution is -2.20. The van der Waals surface area contributed by atoms with Crippen LogP contribution in [0.25, 0.3) is 0 Å². The Morgan fingerprint density at radius 3 is 2.95 bits per heavy atom. The van der Waals surface area contributed by atoms with Gasteiger partial charge in [-0.3, -0.25) is 4.98 Å². The molecule has 0 aromatic carbocycles. The molecular weight excluding hydrogens is 240 g/mol. The Labute approximate surface area is 113 Å². The van der Waals surface area contributed by atoms with Crippen molar-refractivity contribution in [2.24, 2.45) is 0 Å². The summed E-state index contributed by atoms with van der Waals surface area (Å²) in [7, 11) is 0. The highest BCUT2D eigenvalue weighted by molar-refractivity contribution is 5.29. The monoisotopic (exact) mass is 260 g/mol. The largest absolute Gasteiger partial charge is 0.490 e. The van der Waals surface area contributed by atoms with Crippen LogP contribution in [0.1, 0.15) is 23.9 Å². The Morgan fingerprint density at radius 1 is 1.32 bits per heavy atom. The van der Waals surface area contributed by atoms with Gasteiger partial charge < -0.3 is 14.5 Å². The minimum Gasteiger partial charge on any atom is -0.490 e. The zero-order valence-electron chi connectivity index (χ0n) is 11.5. The SMILES string of the molecule is CCc1nc(C)ccc1OCCNCc1ccoc1. The Bertz CT molecular complexity index is 495. The van der Waals surface area contributed by atoms with Crippen molar-refractivity contribution in [3.8, 4) is 5.75 Å². The molecule has 0 saturated heterocycles. The fraction of sp³-hybridized carbons (Fsp3) is 0.400. The molecular formula is C15H20N2O2. The Morgan fingerprint density at radius 2 is 2.21 bits per heavy atom. The second-order valence-electron chi connectivity index (χ2n) is 4.41. The van der Waals surface area contributed by atoms with Crippen LogP contribution in [0.4, 0.5) is 0 Å². The summed E-state index contributed by atoms with van der Waals surface area (Å²) in [6, 6.07) is 5.93. The molecule has 0 aliphatic rings. The van der Waals surface area contributed by atoms with Crippen LogP contribution in [0.15, 0.2) is 35.1 Å². The summed E-state index contributed by atoms with van der Waals surface area (Å²) in [5.41, 5.74) is 3.20. The molecule has 0 aliphatic carbocycles. The zero-order chi connectivity index (χ0) is 13.5. The van der Waals surface area contributed by atoms with Crippen LogP contribution in [-0.2, 0) is 13.0 Å². The van der Waals surface area contributed by atoms with Crippen LogP contribution < -0.4 is 10.1 Å². The minimum absolute atomic E-state index is 0.635. The highest BCUT2D eigenvalue weighted by atomic mass is 16.5. The normalized spacial score (nSPS) is 10.6. The van der Waals surface area contributed by atoms with E-state index in [1.807, 2.05) is 25.1 Å². The van der Waals surface area contributed by atoms with E-state index in [9.17, 15) is 0 Å². The van der Waals surface area contributed by atoms with Gasteiger partial charge in [0.05, 0.1) is 18.2 Å². The fourth-order valence-electron chi connectivity index (χ4n) is 1.84. The van der Waals surface area contributed by atoms with Crippen LogP contribution in [0, 0.1) is 6.92 Å². The van der Waals surface area contributed by atoms with Gasteiger partial charge in [-0.15, -0.1) is 0 Å². The van der Waals surface area contributed by atoms with Crippen LogP contribution >= 0.6 is 0 Å². The second-order valence-corrected chi connectivity index (χ2v) is 4.41. The van der Waals surface area contributed by atoms with Crippen molar-refractivity contribution in [3.63, 3.8) is 0 Å². The minimum atomic E-state index is 0.635. The summed E-state index contributed by atoms with van der Waals surface area (Å²) in [4.78, 5) is 4.47. The quantitative estimate of drug-likeness (QED) is 0.778. The van der Waals surface area contributed by atoms with E-state index in [1.165, 1.54) is 0 Å². The first-order valence-electron chi connectivity index (χ1n) is 6.60. The van der Waals surface area contributed by atoms with E-state index in [-0.39, 0.29) is 0 Å². The van der Waals surface area contributed by atoms with E-state index in [0.717, 1.165) is 42.2 Å². The first kappa shape index (κ1) is 13.6. The number of ether oxygens (including phenoxy) is 1. The number of aryl methyl sites for hydroxylation is 2. The van der Waals surface area contributed by atoms with Gasteiger partial charge in [-0.2, -0.15) is 0 Å². The molecule has 19 heavy (non-hydrogen) atoms. The average Bonchev–Trinajstić information content (AvgIpc) is 2.93. The molecule has 0 atom stereocenters. The molecule has 2 aromatic rings. The molecule has 0 amide bonds. The maximum Gasteiger partial charge on any atom is 0.140 e. The molecule has 2 heterocycles. The van der Waals surface area contributed by atoms with Gasteiger partial charge in [0.1, 0.15) is 12.4 Å². The molecule has 0 aliphatic heterocycles. The summed E-state index contributed by atoms with van der Waals surface area (Å²) >= 11 is 0. The van der Waals surface area contributed by atoms with Crippen molar-refractivity contribution >= 4 is 0 Å². The number of hydrogen-bond donors (Lipinski definition) is 1. The van der Waals surface area contributed by atoms with E-state index in [0.29, 0.717) is 6.61 Å². The predicted octanol–water partition coefficient (Wildman–Crippen LogP) is 2.71. The highest BCUT2D eigenvalue weighted by Crippen LogP contribution is 2.17. The zero-order valence-corrected chi connectivity index (χ0v) is 11.5. The number of hydrogen-bond acceptors (Lipinski definition) is 4. The first-order chi connectivity index (χ1) is 9.29. The number of pyridine rings is 1. The lowest BCUT2D eigenvalue weighted by Gasteiger charge is -2.10. The number of rotatable bonds is 7. The van der Waals surface area contributed by atoms with E-state index in [4.69, 9.17) is 9.15 Å². The van der Waals surface area contributed by atoms with Gasteiger partial charge >= 0.3 is 0 Å². The van der Waals surface area contributed by atoms with Gasteiger partial charge in [0, 0.05) is 24.3 Å². The van der Waals surface area contributed by atoms with E-state index in [2.05, 4.69) is 17.2 Å². The second kappa shape index (κ2) is 6.95. The van der Waals surface area contributed by atoms with Crippen molar-refractivity contribution in [1.29, 1.82) is 0 Å². The lowest BCUT2D eigenvalue weighted by molar-refractivity contribution is 0.309. The van der Waals surface area contributed by atoms with Gasteiger partial charge in [-0.05, 0) is 31.5 Å². The lowest BCUT2D eigenvalue weighted by atomic mass is 10.2. The average molecular weight is 260 g/mol. The third-order valence-corrected chi connectivity index (χ3v) is 2.85. The van der Waals surface area contributed by atoms with E-state index < -0.39 is 0 Å². The maximum absolute atomic E-state index is 5.75. The van der Waals surface area contributed by atoms with E-state index >= 15 is 0 Å². The van der Waals surface area contributed by atoms with Crippen molar-refractivity contribution in [3.05, 3.63) is 47.7 Å². The Balaban J connectivity index is 1.73. The van der Waals surface area contributed by atoms with Gasteiger partial charge in [-0.1, -0.05) is 6.92 Å².